The Kier molecular flexibility index (Phi) is 5.00. The Balaban J connectivity index is 1.94. The van der Waals surface area contributed by atoms with Gasteiger partial charge >= 0.3 is 0 Å². The lowest BCUT2D eigenvalue weighted by Gasteiger charge is -2.19. The summed E-state index contributed by atoms with van der Waals surface area (Å²) in [6, 6.07) is 10.2. The maximum atomic E-state index is 12.7. The van der Waals surface area contributed by atoms with Gasteiger partial charge in [-0.2, -0.15) is 0 Å². The number of methoxy groups -OCH3 is 1. The van der Waals surface area contributed by atoms with Crippen molar-refractivity contribution >= 4 is 17.5 Å². The largest absolute Gasteiger partial charge is 0.497 e. The third kappa shape index (κ3) is 3.80. The number of nitrogens with one attached hydrogen (secondary N) is 1. The molecule has 1 amide bonds. The summed E-state index contributed by atoms with van der Waals surface area (Å²) in [5.74, 6) is 1.21. The summed E-state index contributed by atoms with van der Waals surface area (Å²) in [6.07, 6.45) is 5.03. The summed E-state index contributed by atoms with van der Waals surface area (Å²) in [5.41, 5.74) is 1.33. The first-order valence-electron chi connectivity index (χ1n) is 7.62. The van der Waals surface area contributed by atoms with Crippen LogP contribution in [0, 0.1) is 0 Å². The van der Waals surface area contributed by atoms with Crippen molar-refractivity contribution in [3.63, 3.8) is 0 Å². The number of carbonyl (C=O) groups is 1. The minimum Gasteiger partial charge on any atom is -0.497 e. The Hall–Kier alpha value is -2.86. The predicted molar refractivity (Wildman–Crippen MR) is 94.8 cm³/mol. The van der Waals surface area contributed by atoms with Crippen molar-refractivity contribution in [3.8, 4) is 5.75 Å². The van der Waals surface area contributed by atoms with E-state index in [1.54, 1.807) is 19.4 Å². The molecule has 6 nitrogen and oxygen atoms in total. The van der Waals surface area contributed by atoms with E-state index in [9.17, 15) is 4.79 Å². The zero-order valence-corrected chi connectivity index (χ0v) is 14.6. The molecular formula is C18H17ClN4O2. The topological polar surface area (TPSA) is 69.0 Å². The van der Waals surface area contributed by atoms with E-state index in [0.29, 0.717) is 5.56 Å². The van der Waals surface area contributed by atoms with Gasteiger partial charge in [0.25, 0.3) is 5.91 Å². The molecule has 3 aromatic rings. The molecule has 3 rings (SSSR count). The molecule has 1 N–H and O–H groups in total. The van der Waals surface area contributed by atoms with Gasteiger partial charge in [-0.1, -0.05) is 23.7 Å². The van der Waals surface area contributed by atoms with Crippen molar-refractivity contribution in [1.82, 2.24) is 19.9 Å². The van der Waals surface area contributed by atoms with Gasteiger partial charge in [-0.25, -0.2) is 9.97 Å². The number of nitrogens with zero attached hydrogens (tertiary/aromatic N) is 3. The lowest BCUT2D eigenvalue weighted by atomic mass is 10.1. The molecule has 0 aliphatic carbocycles. The molecule has 0 saturated heterocycles. The number of hydrogen-bond acceptors (Lipinski definition) is 4. The number of aryl methyl sites for hydroxylation is 1. The van der Waals surface area contributed by atoms with Gasteiger partial charge in [0.2, 0.25) is 0 Å². The molecule has 1 aromatic carbocycles. The molecule has 0 saturated carbocycles. The maximum Gasteiger partial charge on any atom is 0.252 e. The van der Waals surface area contributed by atoms with Crippen LogP contribution in [0.5, 0.6) is 5.75 Å². The smallest absolute Gasteiger partial charge is 0.252 e. The first-order chi connectivity index (χ1) is 12.1. The Labute approximate surface area is 150 Å². The van der Waals surface area contributed by atoms with Crippen LogP contribution < -0.4 is 10.1 Å². The van der Waals surface area contributed by atoms with Crippen LogP contribution in [0.4, 0.5) is 0 Å². The Morgan fingerprint density at radius 1 is 1.20 bits per heavy atom. The molecule has 1 atom stereocenters. The van der Waals surface area contributed by atoms with Gasteiger partial charge in [0.05, 0.1) is 7.11 Å². The minimum absolute atomic E-state index is 0.256. The molecule has 2 heterocycles. The molecule has 25 heavy (non-hydrogen) atoms. The molecule has 0 aliphatic rings. The van der Waals surface area contributed by atoms with Crippen LogP contribution in [-0.2, 0) is 7.05 Å². The van der Waals surface area contributed by atoms with E-state index < -0.39 is 6.04 Å². The quantitative estimate of drug-likeness (QED) is 0.713. The van der Waals surface area contributed by atoms with Crippen LogP contribution in [0.2, 0.25) is 5.15 Å². The highest BCUT2D eigenvalue weighted by Crippen LogP contribution is 2.23. The fraction of sp³-hybridized carbons (Fsp3) is 0.167. The van der Waals surface area contributed by atoms with Crippen molar-refractivity contribution in [1.29, 1.82) is 0 Å². The molecule has 0 fully saturated rings. The SMILES string of the molecule is COc1ccc(C(NC(=O)c2ccnc(Cl)c2)c2nccn2C)cc1. The van der Waals surface area contributed by atoms with E-state index in [1.807, 2.05) is 42.1 Å². The van der Waals surface area contributed by atoms with E-state index in [2.05, 4.69) is 15.3 Å². The molecule has 128 valence electrons. The van der Waals surface area contributed by atoms with Crippen LogP contribution >= 0.6 is 11.6 Å². The molecule has 7 heteroatoms. The standard InChI is InChI=1S/C18H17ClN4O2/c1-23-10-9-21-17(23)16(12-3-5-14(25-2)6-4-12)22-18(24)13-7-8-20-15(19)11-13/h3-11,16H,1-2H3,(H,22,24). The van der Waals surface area contributed by atoms with Crippen LogP contribution in [0.1, 0.15) is 27.8 Å². The van der Waals surface area contributed by atoms with E-state index in [4.69, 9.17) is 16.3 Å². The number of rotatable bonds is 5. The van der Waals surface area contributed by atoms with Gasteiger partial charge < -0.3 is 14.6 Å². The second-order valence-corrected chi connectivity index (χ2v) is 5.83. The van der Waals surface area contributed by atoms with Crippen molar-refractivity contribution in [2.45, 2.75) is 6.04 Å². The van der Waals surface area contributed by atoms with E-state index in [0.717, 1.165) is 17.1 Å². The first kappa shape index (κ1) is 17.0. The van der Waals surface area contributed by atoms with Crippen LogP contribution in [-0.4, -0.2) is 27.6 Å². The van der Waals surface area contributed by atoms with Crippen LogP contribution in [0.25, 0.3) is 0 Å². The summed E-state index contributed by atoms with van der Waals surface area (Å²) in [7, 11) is 3.49. The van der Waals surface area contributed by atoms with Gasteiger partial charge in [0.1, 0.15) is 22.8 Å². The van der Waals surface area contributed by atoms with Gasteiger partial charge in [-0.15, -0.1) is 0 Å². The average molecular weight is 357 g/mol. The summed E-state index contributed by atoms with van der Waals surface area (Å²) in [4.78, 5) is 20.9. The Morgan fingerprint density at radius 2 is 1.96 bits per heavy atom. The van der Waals surface area contributed by atoms with Gasteiger partial charge in [-0.3, -0.25) is 4.79 Å². The summed E-state index contributed by atoms with van der Waals surface area (Å²) in [5, 5.41) is 3.28. The Bertz CT molecular complexity index is 877. The second kappa shape index (κ2) is 7.36. The van der Waals surface area contributed by atoms with Crippen LogP contribution in [0.3, 0.4) is 0 Å². The molecular weight excluding hydrogens is 340 g/mol. The molecule has 0 radical (unpaired) electrons. The fourth-order valence-corrected chi connectivity index (χ4v) is 2.68. The number of hydrogen-bond donors (Lipinski definition) is 1. The molecule has 0 spiro atoms. The highest BCUT2D eigenvalue weighted by Gasteiger charge is 2.21. The number of ether oxygens (including phenoxy) is 1. The second-order valence-electron chi connectivity index (χ2n) is 5.44. The normalized spacial score (nSPS) is 11.8. The summed E-state index contributed by atoms with van der Waals surface area (Å²) >= 11 is 5.88. The molecule has 1 unspecified atom stereocenters. The average Bonchev–Trinajstić information content (AvgIpc) is 3.05. The van der Waals surface area contributed by atoms with E-state index in [-0.39, 0.29) is 11.1 Å². The predicted octanol–water partition coefficient (Wildman–Crippen LogP) is 3.00. The van der Waals surface area contributed by atoms with Gasteiger partial charge in [0.15, 0.2) is 0 Å². The number of imidazole rings is 1. The van der Waals surface area contributed by atoms with E-state index in [1.165, 1.54) is 12.3 Å². The molecule has 0 aliphatic heterocycles. The third-order valence-corrected chi connectivity index (χ3v) is 4.04. The minimum atomic E-state index is -0.412. The zero-order chi connectivity index (χ0) is 17.8. The highest BCUT2D eigenvalue weighted by atomic mass is 35.5. The number of benzene rings is 1. The van der Waals surface area contributed by atoms with Gasteiger partial charge in [-0.05, 0) is 29.8 Å². The van der Waals surface area contributed by atoms with Crippen molar-refractivity contribution in [2.75, 3.05) is 7.11 Å². The van der Waals surface area contributed by atoms with Crippen molar-refractivity contribution in [3.05, 3.63) is 77.1 Å². The first-order valence-corrected chi connectivity index (χ1v) is 8.00. The number of halogens is 1. The number of aromatic nitrogens is 3. The fourth-order valence-electron chi connectivity index (χ4n) is 2.51. The lowest BCUT2D eigenvalue weighted by molar-refractivity contribution is 0.0941. The number of pyridine rings is 1. The van der Waals surface area contributed by atoms with E-state index >= 15 is 0 Å². The molecule has 2 aromatic heterocycles. The number of amides is 1. The monoisotopic (exact) mass is 356 g/mol. The molecule has 0 bridgehead atoms. The van der Waals surface area contributed by atoms with Gasteiger partial charge in [0, 0.05) is 31.2 Å². The summed E-state index contributed by atoms with van der Waals surface area (Å²) in [6.45, 7) is 0. The van der Waals surface area contributed by atoms with Crippen molar-refractivity contribution < 1.29 is 9.53 Å². The zero-order valence-electron chi connectivity index (χ0n) is 13.8. The Morgan fingerprint density at radius 3 is 2.56 bits per heavy atom. The van der Waals surface area contributed by atoms with Crippen LogP contribution in [0.15, 0.2) is 55.0 Å². The number of carbonyl (C=O) groups excluding carboxylic acids is 1. The summed E-state index contributed by atoms with van der Waals surface area (Å²) < 4.78 is 7.07. The maximum absolute atomic E-state index is 12.7. The van der Waals surface area contributed by atoms with Crippen molar-refractivity contribution in [2.24, 2.45) is 7.05 Å². The lowest BCUT2D eigenvalue weighted by Crippen LogP contribution is -2.31. The highest BCUT2D eigenvalue weighted by molar-refractivity contribution is 6.29. The third-order valence-electron chi connectivity index (χ3n) is 3.83.